The van der Waals surface area contributed by atoms with E-state index >= 15 is 0 Å². The van der Waals surface area contributed by atoms with Crippen LogP contribution in [0.4, 0.5) is 0 Å². The van der Waals surface area contributed by atoms with E-state index in [0.29, 0.717) is 13.0 Å². The number of hydrogen-bond donors (Lipinski definition) is 1. The van der Waals surface area contributed by atoms with Crippen LogP contribution in [0.3, 0.4) is 0 Å². The quantitative estimate of drug-likeness (QED) is 0.704. The van der Waals surface area contributed by atoms with Crippen LogP contribution >= 0.6 is 0 Å². The first kappa shape index (κ1) is 17.9. The Kier molecular flexibility index (Phi) is 7.14. The molecule has 1 rings (SSSR count). The lowest BCUT2D eigenvalue weighted by atomic mass is 10.0. The second kappa shape index (κ2) is 8.36. The molecular weight excluding hydrogens is 290 g/mol. The highest BCUT2D eigenvalue weighted by atomic mass is 32.2. The molecule has 6 heteroatoms. The minimum Gasteiger partial charge on any atom is -0.497 e. The van der Waals surface area contributed by atoms with E-state index < -0.39 is 15.1 Å². The van der Waals surface area contributed by atoms with Gasteiger partial charge in [0.25, 0.3) is 0 Å². The first-order chi connectivity index (χ1) is 9.96. The minimum atomic E-state index is -3.18. The molecule has 0 aliphatic heterocycles. The van der Waals surface area contributed by atoms with E-state index in [0.717, 1.165) is 11.3 Å². The molecule has 0 fully saturated rings. The molecule has 2 unspecified atom stereocenters. The summed E-state index contributed by atoms with van der Waals surface area (Å²) in [6, 6.07) is 7.21. The molecule has 21 heavy (non-hydrogen) atoms. The van der Waals surface area contributed by atoms with Crippen LogP contribution in [0.1, 0.15) is 24.9 Å². The second-order valence-corrected chi connectivity index (χ2v) is 7.44. The molecule has 0 aromatic heterocycles. The zero-order chi connectivity index (χ0) is 15.9. The highest BCUT2D eigenvalue weighted by Crippen LogP contribution is 2.24. The average Bonchev–Trinajstić information content (AvgIpc) is 2.48. The highest BCUT2D eigenvalue weighted by molar-refractivity contribution is 7.92. The van der Waals surface area contributed by atoms with Crippen molar-refractivity contribution in [2.24, 2.45) is 0 Å². The number of rotatable bonds is 9. The lowest BCUT2D eigenvalue weighted by molar-refractivity contribution is 0.199. The molecule has 0 aliphatic rings. The first-order valence-electron chi connectivity index (χ1n) is 6.98. The van der Waals surface area contributed by atoms with E-state index in [4.69, 9.17) is 9.47 Å². The van der Waals surface area contributed by atoms with Gasteiger partial charge in [0.05, 0.1) is 18.1 Å². The summed E-state index contributed by atoms with van der Waals surface area (Å²) in [5, 5.41) is 2.59. The zero-order valence-electron chi connectivity index (χ0n) is 13.1. The van der Waals surface area contributed by atoms with Gasteiger partial charge in [-0.15, -0.1) is 0 Å². The molecule has 1 N–H and O–H groups in total. The van der Waals surface area contributed by atoms with Gasteiger partial charge in [-0.05, 0) is 38.1 Å². The third-order valence-corrected chi connectivity index (χ3v) is 5.86. The van der Waals surface area contributed by atoms with E-state index in [1.165, 1.54) is 0 Å². The average molecular weight is 315 g/mol. The van der Waals surface area contributed by atoms with E-state index in [9.17, 15) is 8.42 Å². The van der Waals surface area contributed by atoms with Crippen LogP contribution in [-0.4, -0.2) is 47.3 Å². The Morgan fingerprint density at radius 2 is 1.81 bits per heavy atom. The standard InChI is InChI=1S/C15H25NO4S/c1-12(21(17,18)11-5-10-19-3)15(16-2)13-6-8-14(20-4)9-7-13/h6-9,12,15-16H,5,10-11H2,1-4H3. The van der Waals surface area contributed by atoms with E-state index in [-0.39, 0.29) is 11.8 Å². The van der Waals surface area contributed by atoms with Crippen LogP contribution in [0.5, 0.6) is 5.75 Å². The third kappa shape index (κ3) is 4.98. The Hall–Kier alpha value is -1.11. The van der Waals surface area contributed by atoms with Crippen molar-refractivity contribution in [3.63, 3.8) is 0 Å². The Bertz CT molecular complexity index is 513. The Balaban J connectivity index is 2.86. The van der Waals surface area contributed by atoms with Gasteiger partial charge in [0, 0.05) is 19.8 Å². The summed E-state index contributed by atoms with van der Waals surface area (Å²) in [4.78, 5) is 0. The Labute approximate surface area is 127 Å². The van der Waals surface area contributed by atoms with Gasteiger partial charge < -0.3 is 14.8 Å². The maximum Gasteiger partial charge on any atom is 0.154 e. The maximum atomic E-state index is 12.4. The number of hydrogen-bond acceptors (Lipinski definition) is 5. The molecule has 0 bridgehead atoms. The van der Waals surface area contributed by atoms with Crippen LogP contribution in [-0.2, 0) is 14.6 Å². The molecule has 0 radical (unpaired) electrons. The van der Waals surface area contributed by atoms with Crippen molar-refractivity contribution < 1.29 is 17.9 Å². The molecule has 0 spiro atoms. The van der Waals surface area contributed by atoms with Crippen molar-refractivity contribution in [1.82, 2.24) is 5.32 Å². The van der Waals surface area contributed by atoms with Gasteiger partial charge in [-0.2, -0.15) is 0 Å². The molecule has 2 atom stereocenters. The monoisotopic (exact) mass is 315 g/mol. The zero-order valence-corrected chi connectivity index (χ0v) is 13.9. The molecule has 1 aromatic carbocycles. The summed E-state index contributed by atoms with van der Waals surface area (Å²) in [6.07, 6.45) is 0.516. The Morgan fingerprint density at radius 3 is 2.29 bits per heavy atom. The number of ether oxygens (including phenoxy) is 2. The molecule has 0 saturated heterocycles. The van der Waals surface area contributed by atoms with Gasteiger partial charge in [0.1, 0.15) is 5.75 Å². The van der Waals surface area contributed by atoms with Crippen molar-refractivity contribution in [2.45, 2.75) is 24.6 Å². The fraction of sp³-hybridized carbons (Fsp3) is 0.600. The van der Waals surface area contributed by atoms with Gasteiger partial charge in [0.2, 0.25) is 0 Å². The van der Waals surface area contributed by atoms with Crippen LogP contribution in [0.15, 0.2) is 24.3 Å². The van der Waals surface area contributed by atoms with Crippen LogP contribution < -0.4 is 10.1 Å². The normalized spacial score (nSPS) is 14.7. The third-order valence-electron chi connectivity index (χ3n) is 3.60. The summed E-state index contributed by atoms with van der Waals surface area (Å²) in [5.74, 6) is 0.889. The molecule has 120 valence electrons. The lowest BCUT2D eigenvalue weighted by Crippen LogP contribution is -2.35. The fourth-order valence-electron chi connectivity index (χ4n) is 2.28. The van der Waals surface area contributed by atoms with Gasteiger partial charge in [-0.3, -0.25) is 0 Å². The van der Waals surface area contributed by atoms with Crippen LogP contribution in [0, 0.1) is 0 Å². The minimum absolute atomic E-state index is 0.135. The van der Waals surface area contributed by atoms with Gasteiger partial charge in [0.15, 0.2) is 9.84 Å². The van der Waals surface area contributed by atoms with Crippen LogP contribution in [0.2, 0.25) is 0 Å². The lowest BCUT2D eigenvalue weighted by Gasteiger charge is -2.24. The summed E-state index contributed by atoms with van der Waals surface area (Å²) in [6.45, 7) is 2.20. The molecule has 0 aliphatic carbocycles. The van der Waals surface area contributed by atoms with Crippen molar-refractivity contribution in [1.29, 1.82) is 0 Å². The predicted octanol–water partition coefficient (Wildman–Crippen LogP) is 1.80. The number of benzene rings is 1. The number of sulfone groups is 1. The summed E-state index contributed by atoms with van der Waals surface area (Å²) < 4.78 is 34.8. The van der Waals surface area contributed by atoms with E-state index in [1.807, 2.05) is 24.3 Å². The molecule has 1 aromatic rings. The van der Waals surface area contributed by atoms with Crippen molar-refractivity contribution in [3.05, 3.63) is 29.8 Å². The predicted molar refractivity (Wildman–Crippen MR) is 84.5 cm³/mol. The topological polar surface area (TPSA) is 64.6 Å². The van der Waals surface area contributed by atoms with E-state index in [1.54, 1.807) is 28.2 Å². The summed E-state index contributed by atoms with van der Waals surface area (Å²) >= 11 is 0. The van der Waals surface area contributed by atoms with E-state index in [2.05, 4.69) is 5.32 Å². The van der Waals surface area contributed by atoms with Gasteiger partial charge in [-0.1, -0.05) is 12.1 Å². The first-order valence-corrected chi connectivity index (χ1v) is 8.69. The van der Waals surface area contributed by atoms with Crippen molar-refractivity contribution in [3.8, 4) is 5.75 Å². The molecule has 0 amide bonds. The Morgan fingerprint density at radius 1 is 1.19 bits per heavy atom. The van der Waals surface area contributed by atoms with Gasteiger partial charge >= 0.3 is 0 Å². The fourth-order valence-corrected chi connectivity index (χ4v) is 3.88. The highest BCUT2D eigenvalue weighted by Gasteiger charge is 2.29. The number of nitrogens with one attached hydrogen (secondary N) is 1. The SMILES string of the molecule is CNC(c1ccc(OC)cc1)C(C)S(=O)(=O)CCCOC. The second-order valence-electron chi connectivity index (χ2n) is 4.96. The molecule has 5 nitrogen and oxygen atoms in total. The molecule has 0 saturated carbocycles. The molecular formula is C15H25NO4S. The smallest absolute Gasteiger partial charge is 0.154 e. The van der Waals surface area contributed by atoms with Crippen molar-refractivity contribution in [2.75, 3.05) is 33.6 Å². The van der Waals surface area contributed by atoms with Crippen molar-refractivity contribution >= 4 is 9.84 Å². The summed E-state index contributed by atoms with van der Waals surface area (Å²) in [7, 11) is 1.77. The number of methoxy groups -OCH3 is 2. The van der Waals surface area contributed by atoms with Crippen LogP contribution in [0.25, 0.3) is 0 Å². The largest absolute Gasteiger partial charge is 0.497 e. The van der Waals surface area contributed by atoms with Gasteiger partial charge in [-0.25, -0.2) is 8.42 Å². The molecule has 0 heterocycles. The summed E-state index contributed by atoms with van der Waals surface area (Å²) in [5.41, 5.74) is 0.932. The maximum absolute atomic E-state index is 12.4.